The third-order valence-corrected chi connectivity index (χ3v) is 4.97. The molecule has 2 heterocycles. The smallest absolute Gasteiger partial charge is 0.0796 e. The first kappa shape index (κ1) is 16.3. The lowest BCUT2D eigenvalue weighted by Gasteiger charge is -2.08. The second kappa shape index (κ2) is 6.35. The van der Waals surface area contributed by atoms with Crippen molar-refractivity contribution in [1.82, 2.24) is 9.97 Å². The van der Waals surface area contributed by atoms with Gasteiger partial charge in [0.2, 0.25) is 0 Å². The van der Waals surface area contributed by atoms with Crippen LogP contribution in [-0.2, 0) is 0 Å². The molecule has 3 aromatic carbocycles. The molecule has 0 radical (unpaired) electrons. The Morgan fingerprint density at radius 2 is 1.29 bits per heavy atom. The third-order valence-electron chi connectivity index (χ3n) is 4.97. The molecule has 0 saturated heterocycles. The van der Waals surface area contributed by atoms with Crippen molar-refractivity contribution < 1.29 is 0 Å². The molecule has 2 aromatic heterocycles. The highest BCUT2D eigenvalue weighted by Crippen LogP contribution is 2.29. The summed E-state index contributed by atoms with van der Waals surface area (Å²) < 4.78 is 0. The van der Waals surface area contributed by atoms with Gasteiger partial charge in [0.15, 0.2) is 0 Å². The van der Waals surface area contributed by atoms with Crippen LogP contribution in [0.15, 0.2) is 85.1 Å². The fraction of sp³-hybridized carbons (Fsp3) is 0. The molecule has 0 fully saturated rings. The first-order valence-electron chi connectivity index (χ1n) is 9.09. The number of hydrogen-bond acceptors (Lipinski definition) is 4. The maximum atomic E-state index is 5.79. The van der Waals surface area contributed by atoms with Gasteiger partial charge in [-0.25, -0.2) is 4.98 Å². The molecule has 4 nitrogen and oxygen atoms in total. The summed E-state index contributed by atoms with van der Waals surface area (Å²) in [5, 5.41) is 2.13. The number of nitrogens with zero attached hydrogens (tertiary/aromatic N) is 2. The molecule has 4 heteroatoms. The predicted molar refractivity (Wildman–Crippen MR) is 117 cm³/mol. The topological polar surface area (TPSA) is 77.8 Å². The van der Waals surface area contributed by atoms with Crippen LogP contribution in [-0.4, -0.2) is 9.97 Å². The van der Waals surface area contributed by atoms with E-state index in [2.05, 4.69) is 18.2 Å². The molecule has 0 spiro atoms. The predicted octanol–water partition coefficient (Wildman–Crippen LogP) is 5.28. The van der Waals surface area contributed by atoms with Crippen LogP contribution < -0.4 is 11.5 Å². The molecule has 0 aliphatic heterocycles. The summed E-state index contributed by atoms with van der Waals surface area (Å²) in [7, 11) is 0. The molecule has 4 N–H and O–H groups in total. The Labute approximate surface area is 162 Å². The van der Waals surface area contributed by atoms with E-state index in [1.807, 2.05) is 66.9 Å². The lowest BCUT2D eigenvalue weighted by molar-refractivity contribution is 1.38. The number of hydrogen-bond donors (Lipinski definition) is 2. The summed E-state index contributed by atoms with van der Waals surface area (Å²) in [5.41, 5.74) is 19.1. The molecule has 28 heavy (non-hydrogen) atoms. The molecule has 5 aromatic rings. The van der Waals surface area contributed by atoms with Crippen molar-refractivity contribution in [3.63, 3.8) is 0 Å². The van der Waals surface area contributed by atoms with E-state index in [1.54, 1.807) is 0 Å². The number of benzene rings is 3. The summed E-state index contributed by atoms with van der Waals surface area (Å²) in [6.07, 6.45) is 1.90. The van der Waals surface area contributed by atoms with Crippen LogP contribution in [0, 0.1) is 0 Å². The Bertz CT molecular complexity index is 1200. The van der Waals surface area contributed by atoms with Crippen molar-refractivity contribution in [3.8, 4) is 22.4 Å². The number of aromatic nitrogens is 2. The third kappa shape index (κ3) is 2.81. The van der Waals surface area contributed by atoms with E-state index >= 15 is 0 Å². The summed E-state index contributed by atoms with van der Waals surface area (Å²) in [5.74, 6) is 0. The standard InChI is InChI=1S/C24H18N4/c25-19-6-1-15(2-7-19)18-13-17-5-11-23-21(24(17)27-14-18)10-12-22(28-23)16-3-8-20(26)9-4-16/h1-14H,25-26H2. The second-order valence-corrected chi connectivity index (χ2v) is 6.87. The van der Waals surface area contributed by atoms with Crippen LogP contribution in [0.1, 0.15) is 0 Å². The lowest BCUT2D eigenvalue weighted by atomic mass is 10.0. The molecule has 0 aliphatic carbocycles. The van der Waals surface area contributed by atoms with Crippen molar-refractivity contribution in [3.05, 3.63) is 85.1 Å². The molecule has 0 amide bonds. The molecule has 0 atom stereocenters. The normalized spacial score (nSPS) is 11.1. The molecule has 0 saturated carbocycles. The van der Waals surface area contributed by atoms with Crippen LogP contribution in [0.25, 0.3) is 44.2 Å². The van der Waals surface area contributed by atoms with Gasteiger partial charge >= 0.3 is 0 Å². The summed E-state index contributed by atoms with van der Waals surface area (Å²) in [6, 6.07) is 26.0. The molecular formula is C24H18N4. The molecule has 134 valence electrons. The van der Waals surface area contributed by atoms with Crippen LogP contribution in [0.5, 0.6) is 0 Å². The molecule has 0 bridgehead atoms. The van der Waals surface area contributed by atoms with Gasteiger partial charge in [0, 0.05) is 39.5 Å². The Kier molecular flexibility index (Phi) is 3.69. The minimum Gasteiger partial charge on any atom is -0.399 e. The van der Waals surface area contributed by atoms with Gasteiger partial charge < -0.3 is 11.5 Å². The van der Waals surface area contributed by atoms with Crippen LogP contribution >= 0.6 is 0 Å². The number of anilines is 2. The fourth-order valence-corrected chi connectivity index (χ4v) is 3.45. The number of nitrogens with two attached hydrogens (primary N) is 2. The monoisotopic (exact) mass is 362 g/mol. The minimum absolute atomic E-state index is 0.747. The zero-order chi connectivity index (χ0) is 19.1. The van der Waals surface area contributed by atoms with E-state index in [0.29, 0.717) is 0 Å². The van der Waals surface area contributed by atoms with E-state index in [4.69, 9.17) is 21.4 Å². The minimum atomic E-state index is 0.747. The lowest BCUT2D eigenvalue weighted by Crippen LogP contribution is -1.90. The summed E-state index contributed by atoms with van der Waals surface area (Å²) >= 11 is 0. The number of pyridine rings is 2. The Hall–Kier alpha value is -3.92. The van der Waals surface area contributed by atoms with Gasteiger partial charge in [-0.1, -0.05) is 30.3 Å². The van der Waals surface area contributed by atoms with Crippen molar-refractivity contribution in [2.75, 3.05) is 11.5 Å². The van der Waals surface area contributed by atoms with Crippen LogP contribution in [0.3, 0.4) is 0 Å². The average molecular weight is 362 g/mol. The van der Waals surface area contributed by atoms with Gasteiger partial charge in [-0.15, -0.1) is 0 Å². The van der Waals surface area contributed by atoms with E-state index in [0.717, 1.165) is 55.6 Å². The van der Waals surface area contributed by atoms with Crippen LogP contribution in [0.4, 0.5) is 11.4 Å². The molecule has 0 aliphatic rings. The molecule has 0 unspecified atom stereocenters. The van der Waals surface area contributed by atoms with Gasteiger partial charge in [-0.2, -0.15) is 0 Å². The van der Waals surface area contributed by atoms with Gasteiger partial charge in [-0.3, -0.25) is 4.98 Å². The van der Waals surface area contributed by atoms with E-state index in [-0.39, 0.29) is 0 Å². The van der Waals surface area contributed by atoms with E-state index in [9.17, 15) is 0 Å². The van der Waals surface area contributed by atoms with Gasteiger partial charge in [0.1, 0.15) is 0 Å². The van der Waals surface area contributed by atoms with Crippen molar-refractivity contribution in [1.29, 1.82) is 0 Å². The Balaban J connectivity index is 1.61. The van der Waals surface area contributed by atoms with Gasteiger partial charge in [-0.05, 0) is 54.1 Å². The van der Waals surface area contributed by atoms with Crippen molar-refractivity contribution in [2.45, 2.75) is 0 Å². The zero-order valence-corrected chi connectivity index (χ0v) is 15.1. The maximum absolute atomic E-state index is 5.79. The highest BCUT2D eigenvalue weighted by Gasteiger charge is 2.08. The van der Waals surface area contributed by atoms with Crippen LogP contribution in [0.2, 0.25) is 0 Å². The number of fused-ring (bicyclic) bond motifs is 3. The molecule has 5 rings (SSSR count). The average Bonchev–Trinajstić information content (AvgIpc) is 2.74. The maximum Gasteiger partial charge on any atom is 0.0796 e. The van der Waals surface area contributed by atoms with E-state index < -0.39 is 0 Å². The SMILES string of the molecule is Nc1ccc(-c2cnc3c(ccc4nc(-c5ccc(N)cc5)ccc43)c2)cc1. The quantitative estimate of drug-likeness (QED) is 0.331. The highest BCUT2D eigenvalue weighted by atomic mass is 14.7. The summed E-state index contributed by atoms with van der Waals surface area (Å²) in [4.78, 5) is 9.56. The van der Waals surface area contributed by atoms with E-state index in [1.165, 1.54) is 0 Å². The number of nitrogen functional groups attached to an aromatic ring is 2. The Morgan fingerprint density at radius 1 is 0.607 bits per heavy atom. The largest absolute Gasteiger partial charge is 0.399 e. The zero-order valence-electron chi connectivity index (χ0n) is 15.1. The Morgan fingerprint density at radius 3 is 2.00 bits per heavy atom. The second-order valence-electron chi connectivity index (χ2n) is 6.87. The fourth-order valence-electron chi connectivity index (χ4n) is 3.45. The highest BCUT2D eigenvalue weighted by molar-refractivity contribution is 6.05. The van der Waals surface area contributed by atoms with Gasteiger partial charge in [0.25, 0.3) is 0 Å². The van der Waals surface area contributed by atoms with Crippen molar-refractivity contribution >= 4 is 33.2 Å². The van der Waals surface area contributed by atoms with Crippen molar-refractivity contribution in [2.24, 2.45) is 0 Å². The number of rotatable bonds is 2. The summed E-state index contributed by atoms with van der Waals surface area (Å²) in [6.45, 7) is 0. The van der Waals surface area contributed by atoms with Gasteiger partial charge in [0.05, 0.1) is 16.7 Å². The first-order valence-corrected chi connectivity index (χ1v) is 9.09. The molecular weight excluding hydrogens is 344 g/mol. The first-order chi connectivity index (χ1) is 13.7.